The fourth-order valence-electron chi connectivity index (χ4n) is 4.12. The van der Waals surface area contributed by atoms with Crippen LogP contribution < -0.4 is 0 Å². The number of aliphatic hydroxyl groups is 1. The topological polar surface area (TPSA) is 110 Å². The van der Waals surface area contributed by atoms with Gasteiger partial charge in [-0.1, -0.05) is 30.3 Å². The molecule has 2 aromatic carbocycles. The summed E-state index contributed by atoms with van der Waals surface area (Å²) in [6, 6.07) is 14.0. The van der Waals surface area contributed by atoms with Crippen molar-refractivity contribution < 1.29 is 24.4 Å². The van der Waals surface area contributed by atoms with Crippen LogP contribution in [-0.4, -0.2) is 43.0 Å². The highest BCUT2D eigenvalue weighted by Gasteiger charge is 2.65. The number of non-ortho nitro benzene ring substituents is 1. The molecule has 31 heavy (non-hydrogen) atoms. The number of carbonyl (C=O) groups excluding carboxylic acids is 2. The third kappa shape index (κ3) is 3.79. The molecule has 1 amide bonds. The predicted molar refractivity (Wildman–Crippen MR) is 114 cm³/mol. The molecule has 9 heteroatoms. The second-order valence-electron chi connectivity index (χ2n) is 8.17. The van der Waals surface area contributed by atoms with Gasteiger partial charge in [0.25, 0.3) is 5.69 Å². The number of nitro groups is 1. The molecule has 0 aromatic heterocycles. The fraction of sp³-hybridized carbons (Fsp3) is 0.364. The van der Waals surface area contributed by atoms with Crippen molar-refractivity contribution in [3.8, 4) is 0 Å². The molecule has 1 N–H and O–H groups in total. The van der Waals surface area contributed by atoms with E-state index in [9.17, 15) is 24.8 Å². The molecule has 2 unspecified atom stereocenters. The van der Waals surface area contributed by atoms with Gasteiger partial charge < -0.3 is 14.7 Å². The molecule has 2 aliphatic heterocycles. The number of fused-ring (bicyclic) bond motifs is 1. The van der Waals surface area contributed by atoms with Gasteiger partial charge in [-0.25, -0.2) is 4.79 Å². The number of rotatable bonds is 6. The largest absolute Gasteiger partial charge is 0.459 e. The van der Waals surface area contributed by atoms with Crippen LogP contribution in [0.2, 0.25) is 0 Å². The van der Waals surface area contributed by atoms with Gasteiger partial charge in [0.2, 0.25) is 5.91 Å². The Hall–Kier alpha value is -2.91. The van der Waals surface area contributed by atoms with Crippen LogP contribution in [0.4, 0.5) is 5.69 Å². The van der Waals surface area contributed by atoms with Gasteiger partial charge in [0.15, 0.2) is 0 Å². The number of aliphatic hydroxyl groups excluding tert-OH is 1. The van der Waals surface area contributed by atoms with Crippen molar-refractivity contribution in [2.45, 2.75) is 42.7 Å². The first-order valence-electron chi connectivity index (χ1n) is 9.83. The number of benzene rings is 2. The number of nitrogens with zero attached hydrogens (tertiary/aromatic N) is 2. The number of carbonyl (C=O) groups is 2. The molecule has 8 nitrogen and oxygen atoms in total. The van der Waals surface area contributed by atoms with Gasteiger partial charge in [-0.2, -0.15) is 0 Å². The van der Waals surface area contributed by atoms with Crippen LogP contribution in [-0.2, 0) is 20.9 Å². The second-order valence-corrected chi connectivity index (χ2v) is 9.94. The first-order chi connectivity index (χ1) is 14.7. The molecular formula is C22H22N2O6S. The van der Waals surface area contributed by atoms with E-state index in [4.69, 9.17) is 4.74 Å². The molecule has 0 radical (unpaired) electrons. The lowest BCUT2D eigenvalue weighted by atomic mass is 9.85. The van der Waals surface area contributed by atoms with Crippen LogP contribution in [0, 0.1) is 16.0 Å². The lowest BCUT2D eigenvalue weighted by Crippen LogP contribution is -2.64. The van der Waals surface area contributed by atoms with Crippen LogP contribution in [0.25, 0.3) is 0 Å². The first-order valence-corrected chi connectivity index (χ1v) is 10.7. The normalized spacial score (nSPS) is 24.8. The Kier molecular flexibility index (Phi) is 5.49. The molecular weight excluding hydrogens is 420 g/mol. The van der Waals surface area contributed by atoms with Crippen molar-refractivity contribution in [1.29, 1.82) is 0 Å². The molecule has 2 aliphatic rings. The summed E-state index contributed by atoms with van der Waals surface area (Å²) in [4.78, 5) is 37.6. The fourth-order valence-corrected chi connectivity index (χ4v) is 5.83. The summed E-state index contributed by atoms with van der Waals surface area (Å²) in [6.07, 6.45) is -0.937. The summed E-state index contributed by atoms with van der Waals surface area (Å²) in [6.45, 7) is 3.72. The number of β-lactam (4-membered cyclic amide) rings is 1. The van der Waals surface area contributed by atoms with Crippen molar-refractivity contribution in [1.82, 2.24) is 4.90 Å². The van der Waals surface area contributed by atoms with Crippen molar-refractivity contribution in [2.24, 2.45) is 5.92 Å². The van der Waals surface area contributed by atoms with Crippen LogP contribution >= 0.6 is 11.8 Å². The molecule has 4 atom stereocenters. The number of thioether (sulfide) groups is 1. The number of hydrogen-bond acceptors (Lipinski definition) is 7. The smallest absolute Gasteiger partial charge is 0.330 e. The number of nitro benzene ring substituents is 1. The lowest BCUT2D eigenvalue weighted by Gasteiger charge is -2.45. The summed E-state index contributed by atoms with van der Waals surface area (Å²) in [5, 5.41) is 21.2. The summed E-state index contributed by atoms with van der Waals surface area (Å²) in [7, 11) is 0. The highest BCUT2D eigenvalue weighted by molar-refractivity contribution is 8.01. The van der Waals surface area contributed by atoms with Crippen molar-refractivity contribution in [3.05, 3.63) is 75.8 Å². The van der Waals surface area contributed by atoms with Crippen LogP contribution in [0.3, 0.4) is 0 Å². The molecule has 2 aromatic rings. The summed E-state index contributed by atoms with van der Waals surface area (Å²) < 4.78 is 4.87. The highest BCUT2D eigenvalue weighted by atomic mass is 32.2. The number of hydrogen-bond donors (Lipinski definition) is 1. The van der Waals surface area contributed by atoms with Gasteiger partial charge in [0, 0.05) is 16.9 Å². The number of ether oxygens (including phenoxy) is 1. The van der Waals surface area contributed by atoms with Crippen molar-refractivity contribution in [3.63, 3.8) is 0 Å². The minimum Gasteiger partial charge on any atom is -0.459 e. The van der Waals surface area contributed by atoms with E-state index < -0.39 is 33.7 Å². The summed E-state index contributed by atoms with van der Waals surface area (Å²) in [5.74, 6) is -1.41. The first kappa shape index (κ1) is 21.3. The van der Waals surface area contributed by atoms with Crippen molar-refractivity contribution >= 4 is 29.3 Å². The SMILES string of the molecule is CC1(C)S[C@@H]2C(C(O)c3ccccc3)C(=O)N2[C@H]1C(=O)OCc1ccc([N+](=O)[O-])cc1. The van der Waals surface area contributed by atoms with E-state index in [-0.39, 0.29) is 23.6 Å². The number of amides is 1. The Morgan fingerprint density at radius 1 is 1.23 bits per heavy atom. The van der Waals surface area contributed by atoms with E-state index in [1.807, 2.05) is 32.0 Å². The maximum absolute atomic E-state index is 12.9. The summed E-state index contributed by atoms with van der Waals surface area (Å²) in [5.41, 5.74) is 1.25. The quantitative estimate of drug-likeness (QED) is 0.317. The second kappa shape index (κ2) is 7.97. The molecule has 0 bridgehead atoms. The molecule has 2 heterocycles. The lowest BCUT2D eigenvalue weighted by molar-refractivity contribution is -0.384. The van der Waals surface area contributed by atoms with E-state index in [1.54, 1.807) is 12.1 Å². The van der Waals surface area contributed by atoms with E-state index >= 15 is 0 Å². The zero-order valence-corrected chi connectivity index (χ0v) is 17.8. The monoisotopic (exact) mass is 442 g/mol. The van der Waals surface area contributed by atoms with Gasteiger partial charge in [-0.05, 0) is 37.1 Å². The maximum atomic E-state index is 12.9. The summed E-state index contributed by atoms with van der Waals surface area (Å²) >= 11 is 1.49. The number of esters is 1. The third-order valence-electron chi connectivity index (χ3n) is 5.71. The Morgan fingerprint density at radius 3 is 2.48 bits per heavy atom. The zero-order chi connectivity index (χ0) is 22.3. The van der Waals surface area contributed by atoms with Crippen LogP contribution in [0.5, 0.6) is 0 Å². The zero-order valence-electron chi connectivity index (χ0n) is 17.0. The van der Waals surface area contributed by atoms with E-state index in [2.05, 4.69) is 0 Å². The molecule has 2 saturated heterocycles. The minimum absolute atomic E-state index is 0.0413. The van der Waals surface area contributed by atoms with Gasteiger partial charge in [0.1, 0.15) is 12.6 Å². The third-order valence-corrected chi connectivity index (χ3v) is 7.31. The van der Waals surface area contributed by atoms with Gasteiger partial charge in [0.05, 0.1) is 22.3 Å². The highest BCUT2D eigenvalue weighted by Crippen LogP contribution is 2.56. The Labute approximate surface area is 183 Å². The van der Waals surface area contributed by atoms with Crippen LogP contribution in [0.1, 0.15) is 31.1 Å². The van der Waals surface area contributed by atoms with E-state index in [0.717, 1.165) is 0 Å². The maximum Gasteiger partial charge on any atom is 0.330 e. The predicted octanol–water partition coefficient (Wildman–Crippen LogP) is 3.05. The Morgan fingerprint density at radius 2 is 1.87 bits per heavy atom. The molecule has 0 spiro atoms. The minimum atomic E-state index is -0.937. The van der Waals surface area contributed by atoms with Gasteiger partial charge >= 0.3 is 5.97 Å². The van der Waals surface area contributed by atoms with Gasteiger partial charge in [-0.3, -0.25) is 14.9 Å². The van der Waals surface area contributed by atoms with E-state index in [1.165, 1.54) is 40.9 Å². The average molecular weight is 442 g/mol. The van der Waals surface area contributed by atoms with Crippen molar-refractivity contribution in [2.75, 3.05) is 0 Å². The molecule has 0 aliphatic carbocycles. The Bertz CT molecular complexity index is 1010. The van der Waals surface area contributed by atoms with Gasteiger partial charge in [-0.15, -0.1) is 11.8 Å². The Balaban J connectivity index is 1.45. The molecule has 2 fully saturated rings. The molecule has 162 valence electrons. The molecule has 0 saturated carbocycles. The average Bonchev–Trinajstić information content (AvgIpc) is 3.00. The van der Waals surface area contributed by atoms with E-state index in [0.29, 0.717) is 11.1 Å². The molecule has 4 rings (SSSR count). The standard InChI is InChI=1S/C22H22N2O6S/c1-22(2)18(21(27)30-12-13-8-10-15(11-9-13)24(28)29)23-19(26)16(20(23)31-22)17(25)14-6-4-3-5-7-14/h3-11,16-18,20,25H,12H2,1-2H3/t16?,17?,18-,20+/m0/s1. The van der Waals surface area contributed by atoms with Crippen LogP contribution in [0.15, 0.2) is 54.6 Å².